The fourth-order valence-electron chi connectivity index (χ4n) is 3.05. The van der Waals surface area contributed by atoms with Gasteiger partial charge in [-0.15, -0.1) is 0 Å². The van der Waals surface area contributed by atoms with Crippen LogP contribution < -0.4 is 10.5 Å². The number of anilines is 1. The standard InChI is InChI=1S/C21H25NO5/c1-13-5-6-18(19(22)7-13)14-8-15(20(23)24-4)10-16(9-14)25-11-17-12-26-21(2,3)27-17/h5-10,17H,11-12,22H2,1-4H3. The van der Waals surface area contributed by atoms with Crippen LogP contribution in [-0.2, 0) is 14.2 Å². The fourth-order valence-corrected chi connectivity index (χ4v) is 3.05. The molecular weight excluding hydrogens is 346 g/mol. The molecule has 6 heteroatoms. The van der Waals surface area contributed by atoms with Crippen LogP contribution in [-0.4, -0.2) is 38.2 Å². The number of benzene rings is 2. The highest BCUT2D eigenvalue weighted by atomic mass is 16.7. The molecule has 2 aromatic rings. The highest BCUT2D eigenvalue weighted by Gasteiger charge is 2.33. The minimum absolute atomic E-state index is 0.172. The summed E-state index contributed by atoms with van der Waals surface area (Å²) >= 11 is 0. The van der Waals surface area contributed by atoms with Crippen molar-refractivity contribution in [2.45, 2.75) is 32.7 Å². The van der Waals surface area contributed by atoms with Crippen molar-refractivity contribution in [3.8, 4) is 16.9 Å². The number of nitrogen functional groups attached to an aromatic ring is 1. The normalized spacial score (nSPS) is 18.3. The Kier molecular flexibility index (Phi) is 5.39. The minimum atomic E-state index is -0.608. The molecule has 27 heavy (non-hydrogen) atoms. The van der Waals surface area contributed by atoms with Gasteiger partial charge in [0.15, 0.2) is 5.79 Å². The second-order valence-electron chi connectivity index (χ2n) is 7.09. The van der Waals surface area contributed by atoms with Crippen molar-refractivity contribution in [3.05, 3.63) is 47.5 Å². The van der Waals surface area contributed by atoms with Gasteiger partial charge in [0, 0.05) is 11.3 Å². The third-order valence-electron chi connectivity index (χ3n) is 4.35. The van der Waals surface area contributed by atoms with Gasteiger partial charge in [-0.05, 0) is 56.2 Å². The van der Waals surface area contributed by atoms with Crippen LogP contribution in [0.15, 0.2) is 36.4 Å². The maximum absolute atomic E-state index is 12.1. The van der Waals surface area contributed by atoms with Crippen molar-refractivity contribution in [1.82, 2.24) is 0 Å². The SMILES string of the molecule is COC(=O)c1cc(OCC2COC(C)(C)O2)cc(-c2ccc(C)cc2N)c1. The summed E-state index contributed by atoms with van der Waals surface area (Å²) in [6, 6.07) is 11.1. The monoisotopic (exact) mass is 371 g/mol. The van der Waals surface area contributed by atoms with Crippen molar-refractivity contribution < 1.29 is 23.7 Å². The highest BCUT2D eigenvalue weighted by molar-refractivity contribution is 5.92. The number of hydrogen-bond donors (Lipinski definition) is 1. The molecule has 2 N–H and O–H groups in total. The Morgan fingerprint density at radius 3 is 2.67 bits per heavy atom. The molecule has 0 bridgehead atoms. The van der Waals surface area contributed by atoms with E-state index in [9.17, 15) is 4.79 Å². The number of hydrogen-bond acceptors (Lipinski definition) is 6. The zero-order valence-corrected chi connectivity index (χ0v) is 16.1. The molecule has 0 spiro atoms. The van der Waals surface area contributed by atoms with E-state index >= 15 is 0 Å². The minimum Gasteiger partial charge on any atom is -0.491 e. The van der Waals surface area contributed by atoms with E-state index in [1.807, 2.05) is 45.0 Å². The topological polar surface area (TPSA) is 80.0 Å². The number of ether oxygens (including phenoxy) is 4. The van der Waals surface area contributed by atoms with Gasteiger partial charge in [0.2, 0.25) is 0 Å². The van der Waals surface area contributed by atoms with Gasteiger partial charge in [0.1, 0.15) is 18.5 Å². The van der Waals surface area contributed by atoms with Gasteiger partial charge >= 0.3 is 5.97 Å². The number of aryl methyl sites for hydroxylation is 1. The van der Waals surface area contributed by atoms with Crippen molar-refractivity contribution >= 4 is 11.7 Å². The van der Waals surface area contributed by atoms with E-state index in [-0.39, 0.29) is 6.10 Å². The van der Waals surface area contributed by atoms with Gasteiger partial charge in [-0.3, -0.25) is 0 Å². The molecule has 2 aromatic carbocycles. The lowest BCUT2D eigenvalue weighted by atomic mass is 9.99. The second kappa shape index (κ2) is 7.58. The first-order chi connectivity index (χ1) is 12.8. The molecule has 1 aliphatic rings. The van der Waals surface area contributed by atoms with Crippen LogP contribution in [0.3, 0.4) is 0 Å². The average Bonchev–Trinajstić information content (AvgIpc) is 2.98. The zero-order chi connectivity index (χ0) is 19.6. The van der Waals surface area contributed by atoms with Crippen LogP contribution in [0.5, 0.6) is 5.75 Å². The maximum atomic E-state index is 12.1. The van der Waals surface area contributed by atoms with E-state index in [0.717, 1.165) is 16.7 Å². The summed E-state index contributed by atoms with van der Waals surface area (Å²) in [7, 11) is 1.35. The maximum Gasteiger partial charge on any atom is 0.338 e. The first-order valence-corrected chi connectivity index (χ1v) is 8.82. The predicted octanol–water partition coefficient (Wildman–Crippen LogP) is 3.56. The van der Waals surface area contributed by atoms with E-state index in [0.29, 0.717) is 30.2 Å². The zero-order valence-electron chi connectivity index (χ0n) is 16.1. The number of carbonyl (C=O) groups excluding carboxylic acids is 1. The highest BCUT2D eigenvalue weighted by Crippen LogP contribution is 2.32. The number of esters is 1. The van der Waals surface area contributed by atoms with Gasteiger partial charge in [-0.2, -0.15) is 0 Å². The van der Waals surface area contributed by atoms with E-state index in [1.54, 1.807) is 12.1 Å². The Morgan fingerprint density at radius 2 is 2.04 bits per heavy atom. The summed E-state index contributed by atoms with van der Waals surface area (Å²) in [5.41, 5.74) is 9.89. The summed E-state index contributed by atoms with van der Waals surface area (Å²) < 4.78 is 22.1. The van der Waals surface area contributed by atoms with Crippen LogP contribution in [0.1, 0.15) is 29.8 Å². The van der Waals surface area contributed by atoms with Crippen molar-refractivity contribution in [3.63, 3.8) is 0 Å². The van der Waals surface area contributed by atoms with Crippen LogP contribution in [0, 0.1) is 6.92 Å². The predicted molar refractivity (Wildman–Crippen MR) is 103 cm³/mol. The Bertz CT molecular complexity index is 846. The van der Waals surface area contributed by atoms with Gasteiger partial charge in [-0.25, -0.2) is 4.79 Å². The molecule has 1 heterocycles. The lowest BCUT2D eigenvalue weighted by molar-refractivity contribution is -0.141. The Labute approximate surface area is 159 Å². The first kappa shape index (κ1) is 19.2. The second-order valence-corrected chi connectivity index (χ2v) is 7.09. The molecule has 144 valence electrons. The van der Waals surface area contributed by atoms with Crippen LogP contribution in [0.4, 0.5) is 5.69 Å². The van der Waals surface area contributed by atoms with E-state index in [1.165, 1.54) is 7.11 Å². The van der Waals surface area contributed by atoms with Crippen LogP contribution in [0.25, 0.3) is 11.1 Å². The molecule has 0 amide bonds. The molecule has 0 saturated carbocycles. The van der Waals surface area contributed by atoms with Gasteiger partial charge in [0.25, 0.3) is 0 Å². The van der Waals surface area contributed by atoms with Crippen molar-refractivity contribution in [2.75, 3.05) is 26.1 Å². The Morgan fingerprint density at radius 1 is 1.26 bits per heavy atom. The molecular formula is C21H25NO5. The molecule has 1 aliphatic heterocycles. The van der Waals surface area contributed by atoms with Crippen molar-refractivity contribution in [1.29, 1.82) is 0 Å². The lowest BCUT2D eigenvalue weighted by Gasteiger charge is -2.18. The Hall–Kier alpha value is -2.57. The molecule has 0 aliphatic carbocycles. The lowest BCUT2D eigenvalue weighted by Crippen LogP contribution is -2.25. The summed E-state index contributed by atoms with van der Waals surface area (Å²) in [5.74, 6) is -0.501. The van der Waals surface area contributed by atoms with Crippen molar-refractivity contribution in [2.24, 2.45) is 0 Å². The molecule has 0 aromatic heterocycles. The number of nitrogens with two attached hydrogens (primary N) is 1. The summed E-state index contributed by atoms with van der Waals surface area (Å²) in [5, 5.41) is 0. The third-order valence-corrected chi connectivity index (χ3v) is 4.35. The van der Waals surface area contributed by atoms with Crippen LogP contribution in [0.2, 0.25) is 0 Å². The molecule has 1 unspecified atom stereocenters. The van der Waals surface area contributed by atoms with E-state index < -0.39 is 11.8 Å². The van der Waals surface area contributed by atoms with E-state index in [2.05, 4.69) is 0 Å². The number of methoxy groups -OCH3 is 1. The average molecular weight is 371 g/mol. The van der Waals surface area contributed by atoms with Gasteiger partial charge < -0.3 is 24.7 Å². The molecule has 3 rings (SSSR count). The summed E-state index contributed by atoms with van der Waals surface area (Å²) in [4.78, 5) is 12.1. The summed E-state index contributed by atoms with van der Waals surface area (Å²) in [6.45, 7) is 6.48. The number of carbonyl (C=O) groups is 1. The molecule has 1 atom stereocenters. The molecule has 1 saturated heterocycles. The largest absolute Gasteiger partial charge is 0.491 e. The first-order valence-electron chi connectivity index (χ1n) is 8.82. The van der Waals surface area contributed by atoms with Gasteiger partial charge in [-0.1, -0.05) is 12.1 Å². The summed E-state index contributed by atoms with van der Waals surface area (Å²) in [6.07, 6.45) is -0.172. The molecule has 6 nitrogen and oxygen atoms in total. The fraction of sp³-hybridized carbons (Fsp3) is 0.381. The van der Waals surface area contributed by atoms with Crippen LogP contribution >= 0.6 is 0 Å². The third kappa shape index (κ3) is 4.59. The number of rotatable bonds is 5. The Balaban J connectivity index is 1.88. The quantitative estimate of drug-likeness (QED) is 0.639. The molecule has 1 fully saturated rings. The molecule has 0 radical (unpaired) electrons. The van der Waals surface area contributed by atoms with E-state index in [4.69, 9.17) is 24.7 Å². The smallest absolute Gasteiger partial charge is 0.338 e. The van der Waals surface area contributed by atoms with Gasteiger partial charge in [0.05, 0.1) is 19.3 Å².